The Morgan fingerprint density at radius 3 is 2.79 bits per heavy atom. The Labute approximate surface area is 176 Å². The first-order valence-corrected chi connectivity index (χ1v) is 10.9. The van der Waals surface area contributed by atoms with Gasteiger partial charge >= 0.3 is 0 Å². The van der Waals surface area contributed by atoms with E-state index in [0.29, 0.717) is 17.6 Å². The highest BCUT2D eigenvalue weighted by atomic mass is 32.2. The van der Waals surface area contributed by atoms with E-state index in [9.17, 15) is 4.79 Å². The lowest BCUT2D eigenvalue weighted by atomic mass is 10.2. The first-order valence-electron chi connectivity index (χ1n) is 9.05. The number of benzene rings is 2. The van der Waals surface area contributed by atoms with E-state index in [4.69, 9.17) is 14.7 Å². The fourth-order valence-electron chi connectivity index (χ4n) is 2.74. The number of anilines is 1. The third kappa shape index (κ3) is 4.72. The molecule has 4 aromatic rings. The predicted octanol–water partition coefficient (Wildman–Crippen LogP) is 4.88. The van der Waals surface area contributed by atoms with Crippen molar-refractivity contribution in [3.8, 4) is 17.1 Å². The van der Waals surface area contributed by atoms with Crippen molar-refractivity contribution in [2.24, 2.45) is 0 Å². The minimum absolute atomic E-state index is 0.126. The third-order valence-corrected chi connectivity index (χ3v) is 5.67. The van der Waals surface area contributed by atoms with E-state index in [1.54, 1.807) is 6.20 Å². The highest BCUT2D eigenvalue weighted by molar-refractivity contribution is 8.00. The zero-order chi connectivity index (χ0) is 20.1. The molecular formula is C21H18N4O2S2. The Balaban J connectivity index is 1.66. The smallest absolute Gasteiger partial charge is 0.236 e. The van der Waals surface area contributed by atoms with Gasteiger partial charge in [0.2, 0.25) is 5.91 Å². The first-order chi connectivity index (χ1) is 14.2. The summed E-state index contributed by atoms with van der Waals surface area (Å²) >= 11 is 2.76. The monoisotopic (exact) mass is 422 g/mol. The minimum Gasteiger partial charge on any atom is -0.494 e. The molecule has 1 amide bonds. The van der Waals surface area contributed by atoms with Crippen LogP contribution in [0.1, 0.15) is 6.92 Å². The molecule has 146 valence electrons. The largest absolute Gasteiger partial charge is 0.494 e. The normalized spacial score (nSPS) is 10.8. The number of nitrogens with zero attached hydrogens (tertiary/aromatic N) is 3. The number of rotatable bonds is 7. The molecule has 4 rings (SSSR count). The van der Waals surface area contributed by atoms with Gasteiger partial charge in [0.15, 0.2) is 11.0 Å². The van der Waals surface area contributed by atoms with Crippen LogP contribution in [0.4, 0.5) is 5.13 Å². The van der Waals surface area contributed by atoms with Gasteiger partial charge in [-0.15, -0.1) is 11.3 Å². The van der Waals surface area contributed by atoms with Crippen LogP contribution < -0.4 is 10.1 Å². The predicted molar refractivity (Wildman–Crippen MR) is 118 cm³/mol. The van der Waals surface area contributed by atoms with E-state index in [-0.39, 0.29) is 11.7 Å². The number of thioether (sulfide) groups is 1. The van der Waals surface area contributed by atoms with Crippen LogP contribution in [0, 0.1) is 0 Å². The molecule has 1 N–H and O–H groups in total. The summed E-state index contributed by atoms with van der Waals surface area (Å²) in [6.07, 6.45) is 1.66. The average Bonchev–Trinajstić information content (AvgIpc) is 3.26. The number of carbonyl (C=O) groups is 1. The lowest BCUT2D eigenvalue weighted by Crippen LogP contribution is -2.14. The number of fused-ring (bicyclic) bond motifs is 1. The lowest BCUT2D eigenvalue weighted by Gasteiger charge is -2.10. The van der Waals surface area contributed by atoms with Crippen molar-refractivity contribution in [1.29, 1.82) is 0 Å². The molecule has 0 unspecified atom stereocenters. The minimum atomic E-state index is -0.126. The van der Waals surface area contributed by atoms with Crippen molar-refractivity contribution in [2.45, 2.75) is 11.9 Å². The Hall–Kier alpha value is -2.97. The summed E-state index contributed by atoms with van der Waals surface area (Å²) in [6.45, 7) is 2.52. The van der Waals surface area contributed by atoms with Crippen molar-refractivity contribution in [2.75, 3.05) is 17.7 Å². The topological polar surface area (TPSA) is 77.0 Å². The average molecular weight is 423 g/mol. The Bertz CT molecular complexity index is 1120. The number of nitrogens with one attached hydrogen (secondary N) is 1. The quantitative estimate of drug-likeness (QED) is 0.338. The summed E-state index contributed by atoms with van der Waals surface area (Å²) in [5.74, 6) is 1.48. The van der Waals surface area contributed by atoms with Crippen molar-refractivity contribution in [1.82, 2.24) is 15.0 Å². The number of aromatic nitrogens is 3. The van der Waals surface area contributed by atoms with E-state index in [1.807, 2.05) is 60.8 Å². The zero-order valence-corrected chi connectivity index (χ0v) is 17.3. The Kier molecular flexibility index (Phi) is 6.02. The summed E-state index contributed by atoms with van der Waals surface area (Å²) in [7, 11) is 0. The number of thiazole rings is 1. The van der Waals surface area contributed by atoms with Gasteiger partial charge in [0.05, 0.1) is 17.9 Å². The maximum atomic E-state index is 12.3. The molecule has 2 heterocycles. The highest BCUT2D eigenvalue weighted by Crippen LogP contribution is 2.31. The maximum Gasteiger partial charge on any atom is 0.236 e. The standard InChI is InChI=1S/C21H18N4O2S2/c1-2-27-15-8-9-17-16(12-15)20(25-19(23-17)14-6-4-3-5-7-14)29-13-18(26)24-21-22-10-11-28-21/h3-12H,2,13H2,1H3,(H,22,24,26). The van der Waals surface area contributed by atoms with Crippen LogP contribution in [-0.4, -0.2) is 33.2 Å². The Morgan fingerprint density at radius 1 is 1.17 bits per heavy atom. The van der Waals surface area contributed by atoms with Crippen LogP contribution in [0.25, 0.3) is 22.3 Å². The second-order valence-electron chi connectivity index (χ2n) is 6.00. The second-order valence-corrected chi connectivity index (χ2v) is 7.86. The summed E-state index contributed by atoms with van der Waals surface area (Å²) in [5.41, 5.74) is 1.74. The molecule has 0 fully saturated rings. The Morgan fingerprint density at radius 2 is 2.03 bits per heavy atom. The molecule has 8 heteroatoms. The summed E-state index contributed by atoms with van der Waals surface area (Å²) < 4.78 is 5.63. The van der Waals surface area contributed by atoms with E-state index in [2.05, 4.69) is 10.3 Å². The molecule has 0 saturated heterocycles. The van der Waals surface area contributed by atoms with Gasteiger partial charge < -0.3 is 10.1 Å². The van der Waals surface area contributed by atoms with Gasteiger partial charge in [-0.25, -0.2) is 15.0 Å². The van der Waals surface area contributed by atoms with Gasteiger partial charge in [-0.1, -0.05) is 42.1 Å². The van der Waals surface area contributed by atoms with Gasteiger partial charge in [0.25, 0.3) is 0 Å². The number of amides is 1. The maximum absolute atomic E-state index is 12.3. The number of hydrogen-bond donors (Lipinski definition) is 1. The van der Waals surface area contributed by atoms with E-state index >= 15 is 0 Å². The van der Waals surface area contributed by atoms with Crippen LogP contribution in [0.5, 0.6) is 5.75 Å². The summed E-state index contributed by atoms with van der Waals surface area (Å²) in [6, 6.07) is 15.6. The zero-order valence-electron chi connectivity index (χ0n) is 15.7. The molecule has 0 radical (unpaired) electrons. The highest BCUT2D eigenvalue weighted by Gasteiger charge is 2.13. The van der Waals surface area contributed by atoms with Crippen LogP contribution >= 0.6 is 23.1 Å². The van der Waals surface area contributed by atoms with Crippen LogP contribution in [0.15, 0.2) is 65.1 Å². The molecule has 29 heavy (non-hydrogen) atoms. The molecular weight excluding hydrogens is 404 g/mol. The van der Waals surface area contributed by atoms with Gasteiger partial charge in [0, 0.05) is 22.5 Å². The van der Waals surface area contributed by atoms with E-state index < -0.39 is 0 Å². The molecule has 6 nitrogen and oxygen atoms in total. The molecule has 0 spiro atoms. The van der Waals surface area contributed by atoms with E-state index in [0.717, 1.165) is 27.2 Å². The van der Waals surface area contributed by atoms with Gasteiger partial charge in [0.1, 0.15) is 10.8 Å². The van der Waals surface area contributed by atoms with Crippen molar-refractivity contribution in [3.63, 3.8) is 0 Å². The molecule has 0 bridgehead atoms. The fraction of sp³-hybridized carbons (Fsp3) is 0.143. The molecule has 0 aliphatic carbocycles. The van der Waals surface area contributed by atoms with Gasteiger partial charge in [-0.2, -0.15) is 0 Å². The lowest BCUT2D eigenvalue weighted by molar-refractivity contribution is -0.113. The van der Waals surface area contributed by atoms with Crippen molar-refractivity contribution in [3.05, 3.63) is 60.1 Å². The number of carbonyl (C=O) groups excluding carboxylic acids is 1. The second kappa shape index (κ2) is 9.02. The molecule has 2 aromatic carbocycles. The van der Waals surface area contributed by atoms with Gasteiger partial charge in [-0.05, 0) is 25.1 Å². The molecule has 0 atom stereocenters. The fourth-order valence-corrected chi connectivity index (χ4v) is 4.09. The van der Waals surface area contributed by atoms with Crippen LogP contribution in [0.2, 0.25) is 0 Å². The number of hydrogen-bond acceptors (Lipinski definition) is 7. The van der Waals surface area contributed by atoms with E-state index in [1.165, 1.54) is 23.1 Å². The summed E-state index contributed by atoms with van der Waals surface area (Å²) in [4.78, 5) is 25.8. The molecule has 0 aliphatic rings. The third-order valence-electron chi connectivity index (χ3n) is 3.99. The van der Waals surface area contributed by atoms with Crippen molar-refractivity contribution >= 4 is 45.0 Å². The SMILES string of the molecule is CCOc1ccc2nc(-c3ccccc3)nc(SCC(=O)Nc3nccs3)c2c1. The van der Waals surface area contributed by atoms with Crippen molar-refractivity contribution < 1.29 is 9.53 Å². The molecule has 2 aromatic heterocycles. The first kappa shape index (κ1) is 19.4. The molecule has 0 aliphatic heterocycles. The number of ether oxygens (including phenoxy) is 1. The van der Waals surface area contributed by atoms with Crippen LogP contribution in [0.3, 0.4) is 0 Å². The summed E-state index contributed by atoms with van der Waals surface area (Å²) in [5, 5.41) is 6.81. The van der Waals surface area contributed by atoms with Gasteiger partial charge in [-0.3, -0.25) is 4.79 Å². The van der Waals surface area contributed by atoms with Crippen LogP contribution in [-0.2, 0) is 4.79 Å². The molecule has 0 saturated carbocycles.